The zero-order valence-corrected chi connectivity index (χ0v) is 16.9. The second-order valence-corrected chi connectivity index (χ2v) is 8.23. The number of hydrogen-bond acceptors (Lipinski definition) is 4. The van der Waals surface area contributed by atoms with Crippen LogP contribution in [0.25, 0.3) is 22.0 Å². The molecule has 0 N–H and O–H groups in total. The fourth-order valence-corrected chi connectivity index (χ4v) is 4.65. The lowest BCUT2D eigenvalue weighted by Crippen LogP contribution is -2.46. The molecule has 0 amide bonds. The standard InChI is InChI=1S/C24H22FN3S/c25-21-5-1-3-18(15-21)16-27-10-12-28(13-11-27)23-8-7-19-4-2-6-22(24(19)26-23)20-9-14-29-17-20/h1-9,14-15,17H,10-13,16H2. The average molecular weight is 404 g/mol. The number of rotatable bonds is 4. The fraction of sp³-hybridized carbons (Fsp3) is 0.208. The first kappa shape index (κ1) is 18.3. The van der Waals surface area contributed by atoms with Gasteiger partial charge in [-0.25, -0.2) is 9.37 Å². The summed E-state index contributed by atoms with van der Waals surface area (Å²) in [5.74, 6) is 0.869. The Labute approximate surface area is 174 Å². The van der Waals surface area contributed by atoms with Crippen molar-refractivity contribution in [3.8, 4) is 11.1 Å². The number of pyridine rings is 1. The van der Waals surface area contributed by atoms with Crippen molar-refractivity contribution in [1.29, 1.82) is 0 Å². The first-order valence-corrected chi connectivity index (χ1v) is 10.8. The molecule has 0 aliphatic carbocycles. The van der Waals surface area contributed by atoms with Gasteiger partial charge in [-0.3, -0.25) is 4.90 Å². The molecule has 1 fully saturated rings. The SMILES string of the molecule is Fc1cccc(CN2CCN(c3ccc4cccc(-c5ccsc5)c4n3)CC2)c1. The summed E-state index contributed by atoms with van der Waals surface area (Å²) >= 11 is 1.71. The Bertz CT molecular complexity index is 1120. The van der Waals surface area contributed by atoms with E-state index in [4.69, 9.17) is 4.98 Å². The second kappa shape index (κ2) is 7.93. The van der Waals surface area contributed by atoms with Crippen LogP contribution in [0.15, 0.2) is 71.4 Å². The molecule has 0 saturated carbocycles. The van der Waals surface area contributed by atoms with Gasteiger partial charge in [-0.2, -0.15) is 11.3 Å². The number of piperazine rings is 1. The van der Waals surface area contributed by atoms with E-state index in [1.807, 2.05) is 6.07 Å². The number of halogens is 1. The molecule has 29 heavy (non-hydrogen) atoms. The largest absolute Gasteiger partial charge is 0.354 e. The highest BCUT2D eigenvalue weighted by Gasteiger charge is 2.19. The van der Waals surface area contributed by atoms with Gasteiger partial charge in [0, 0.05) is 43.7 Å². The number of nitrogens with zero attached hydrogens (tertiary/aromatic N) is 3. The van der Waals surface area contributed by atoms with E-state index in [0.717, 1.165) is 49.6 Å². The molecule has 146 valence electrons. The van der Waals surface area contributed by atoms with Gasteiger partial charge in [0.1, 0.15) is 11.6 Å². The molecule has 0 atom stereocenters. The molecular weight excluding hydrogens is 381 g/mol. The number of fused-ring (bicyclic) bond motifs is 1. The number of para-hydroxylation sites is 1. The number of hydrogen-bond donors (Lipinski definition) is 0. The molecule has 1 aliphatic rings. The van der Waals surface area contributed by atoms with E-state index in [1.54, 1.807) is 23.5 Å². The van der Waals surface area contributed by atoms with Gasteiger partial charge in [-0.05, 0) is 52.2 Å². The molecule has 3 heterocycles. The Kier molecular flexibility index (Phi) is 5.00. The minimum Gasteiger partial charge on any atom is -0.354 e. The van der Waals surface area contributed by atoms with Crippen LogP contribution >= 0.6 is 11.3 Å². The highest BCUT2D eigenvalue weighted by molar-refractivity contribution is 7.08. The van der Waals surface area contributed by atoms with Crippen LogP contribution in [0, 0.1) is 5.82 Å². The number of anilines is 1. The smallest absolute Gasteiger partial charge is 0.129 e. The molecule has 1 aliphatic heterocycles. The van der Waals surface area contributed by atoms with Crippen molar-refractivity contribution in [2.75, 3.05) is 31.1 Å². The van der Waals surface area contributed by atoms with Gasteiger partial charge >= 0.3 is 0 Å². The molecule has 5 heteroatoms. The molecule has 1 saturated heterocycles. The molecule has 0 bridgehead atoms. The summed E-state index contributed by atoms with van der Waals surface area (Å²) in [5, 5.41) is 5.45. The van der Waals surface area contributed by atoms with Gasteiger partial charge in [-0.15, -0.1) is 0 Å². The van der Waals surface area contributed by atoms with E-state index in [-0.39, 0.29) is 5.82 Å². The third kappa shape index (κ3) is 3.88. The Morgan fingerprint density at radius 1 is 0.931 bits per heavy atom. The maximum absolute atomic E-state index is 13.4. The van der Waals surface area contributed by atoms with Gasteiger partial charge in [0.15, 0.2) is 0 Å². The van der Waals surface area contributed by atoms with E-state index in [0.29, 0.717) is 0 Å². The van der Waals surface area contributed by atoms with Gasteiger partial charge in [-0.1, -0.05) is 30.3 Å². The number of aromatic nitrogens is 1. The second-order valence-electron chi connectivity index (χ2n) is 7.45. The van der Waals surface area contributed by atoms with Crippen LogP contribution in [-0.4, -0.2) is 36.1 Å². The summed E-state index contributed by atoms with van der Waals surface area (Å²) < 4.78 is 13.4. The lowest BCUT2D eigenvalue weighted by molar-refractivity contribution is 0.249. The lowest BCUT2D eigenvalue weighted by atomic mass is 10.0. The Balaban J connectivity index is 1.34. The minimum absolute atomic E-state index is 0.164. The molecule has 0 radical (unpaired) electrons. The Hall–Kier alpha value is -2.76. The van der Waals surface area contributed by atoms with Crippen LogP contribution in [-0.2, 0) is 6.54 Å². The van der Waals surface area contributed by atoms with Crippen LogP contribution in [0.5, 0.6) is 0 Å². The summed E-state index contributed by atoms with van der Waals surface area (Å²) in [6.07, 6.45) is 0. The van der Waals surface area contributed by atoms with Crippen LogP contribution in [0.1, 0.15) is 5.56 Å². The van der Waals surface area contributed by atoms with Crippen LogP contribution in [0.3, 0.4) is 0 Å². The molecule has 0 unspecified atom stereocenters. The normalized spacial score (nSPS) is 15.1. The van der Waals surface area contributed by atoms with Gasteiger partial charge in [0.2, 0.25) is 0 Å². The van der Waals surface area contributed by atoms with E-state index in [2.05, 4.69) is 57.0 Å². The lowest BCUT2D eigenvalue weighted by Gasteiger charge is -2.35. The summed E-state index contributed by atoms with van der Waals surface area (Å²) in [5.41, 5.74) is 4.51. The molecule has 3 nitrogen and oxygen atoms in total. The summed E-state index contributed by atoms with van der Waals surface area (Å²) in [6, 6.07) is 19.7. The summed E-state index contributed by atoms with van der Waals surface area (Å²) in [7, 11) is 0. The van der Waals surface area contributed by atoms with E-state index < -0.39 is 0 Å². The summed E-state index contributed by atoms with van der Waals surface area (Å²) in [4.78, 5) is 9.77. The molecular formula is C24H22FN3S. The van der Waals surface area contributed by atoms with Crippen molar-refractivity contribution in [3.63, 3.8) is 0 Å². The minimum atomic E-state index is -0.164. The van der Waals surface area contributed by atoms with Crippen molar-refractivity contribution in [2.24, 2.45) is 0 Å². The summed E-state index contributed by atoms with van der Waals surface area (Å²) in [6.45, 7) is 4.53. The average Bonchev–Trinajstić information content (AvgIpc) is 3.28. The third-order valence-corrected chi connectivity index (χ3v) is 6.21. The molecule has 4 aromatic rings. The molecule has 2 aromatic heterocycles. The van der Waals surface area contributed by atoms with Crippen LogP contribution < -0.4 is 4.90 Å². The van der Waals surface area contributed by atoms with E-state index in [9.17, 15) is 4.39 Å². The maximum Gasteiger partial charge on any atom is 0.129 e. The predicted molar refractivity (Wildman–Crippen MR) is 119 cm³/mol. The quantitative estimate of drug-likeness (QED) is 0.453. The molecule has 0 spiro atoms. The Morgan fingerprint density at radius 3 is 2.59 bits per heavy atom. The highest BCUT2D eigenvalue weighted by Crippen LogP contribution is 2.30. The van der Waals surface area contributed by atoms with Crippen LogP contribution in [0.2, 0.25) is 0 Å². The fourth-order valence-electron chi connectivity index (χ4n) is 3.99. The van der Waals surface area contributed by atoms with Crippen molar-refractivity contribution in [1.82, 2.24) is 9.88 Å². The first-order chi connectivity index (χ1) is 14.3. The van der Waals surface area contributed by atoms with Gasteiger partial charge < -0.3 is 4.90 Å². The van der Waals surface area contributed by atoms with Crippen molar-refractivity contribution < 1.29 is 4.39 Å². The molecule has 2 aromatic carbocycles. The van der Waals surface area contributed by atoms with Crippen molar-refractivity contribution in [2.45, 2.75) is 6.54 Å². The Morgan fingerprint density at radius 2 is 1.79 bits per heavy atom. The monoisotopic (exact) mass is 403 g/mol. The zero-order valence-electron chi connectivity index (χ0n) is 16.1. The van der Waals surface area contributed by atoms with Crippen LogP contribution in [0.4, 0.5) is 10.2 Å². The van der Waals surface area contributed by atoms with Crippen molar-refractivity contribution >= 4 is 28.1 Å². The number of thiophene rings is 1. The van der Waals surface area contributed by atoms with Crippen molar-refractivity contribution in [3.05, 3.63) is 82.8 Å². The highest BCUT2D eigenvalue weighted by atomic mass is 32.1. The first-order valence-electron chi connectivity index (χ1n) is 9.90. The molecule has 5 rings (SSSR count). The van der Waals surface area contributed by atoms with Gasteiger partial charge in [0.25, 0.3) is 0 Å². The number of benzene rings is 2. The van der Waals surface area contributed by atoms with Gasteiger partial charge in [0.05, 0.1) is 5.52 Å². The maximum atomic E-state index is 13.4. The van der Waals surface area contributed by atoms with E-state index in [1.165, 1.54) is 22.6 Å². The zero-order chi connectivity index (χ0) is 19.6. The van der Waals surface area contributed by atoms with E-state index >= 15 is 0 Å². The topological polar surface area (TPSA) is 19.4 Å². The third-order valence-electron chi connectivity index (χ3n) is 5.53. The predicted octanol–water partition coefficient (Wildman–Crippen LogP) is 5.42.